The molecule has 144 valence electrons. The fourth-order valence-corrected chi connectivity index (χ4v) is 2.95. The summed E-state index contributed by atoms with van der Waals surface area (Å²) in [6, 6.07) is -1.45. The predicted molar refractivity (Wildman–Crippen MR) is 93.4 cm³/mol. The van der Waals surface area contributed by atoms with Crippen molar-refractivity contribution in [3.8, 4) is 0 Å². The second-order valence-corrected chi connectivity index (χ2v) is 7.89. The van der Waals surface area contributed by atoms with E-state index >= 15 is 0 Å². The molecule has 1 N–H and O–H groups in total. The summed E-state index contributed by atoms with van der Waals surface area (Å²) in [5.41, 5.74) is -0.570. The van der Waals surface area contributed by atoms with E-state index in [-0.39, 0.29) is 18.0 Å². The number of likely N-dealkylation sites (N-methyl/N-ethyl adjacent to an activating group) is 1. The highest BCUT2D eigenvalue weighted by molar-refractivity contribution is 5.83. The predicted octanol–water partition coefficient (Wildman–Crippen LogP) is 2.09. The zero-order valence-electron chi connectivity index (χ0n) is 16.3. The largest absolute Gasteiger partial charge is 0.480 e. The van der Waals surface area contributed by atoms with Crippen LogP contribution in [0.1, 0.15) is 41.5 Å². The molecule has 25 heavy (non-hydrogen) atoms. The molecule has 0 radical (unpaired) electrons. The van der Waals surface area contributed by atoms with Crippen molar-refractivity contribution in [3.63, 3.8) is 0 Å². The van der Waals surface area contributed by atoms with E-state index in [0.717, 1.165) is 0 Å². The number of rotatable bonds is 3. The summed E-state index contributed by atoms with van der Waals surface area (Å²) in [5.74, 6) is -1.23. The Morgan fingerprint density at radius 1 is 1.20 bits per heavy atom. The van der Waals surface area contributed by atoms with Crippen LogP contribution >= 0.6 is 0 Å². The second kappa shape index (κ2) is 7.93. The van der Waals surface area contributed by atoms with Gasteiger partial charge in [-0.3, -0.25) is 0 Å². The number of hydrogen-bond donors (Lipinski definition) is 1. The highest BCUT2D eigenvalue weighted by Crippen LogP contribution is 2.18. The van der Waals surface area contributed by atoms with Gasteiger partial charge in [0.05, 0.1) is 0 Å². The number of carbonyl (C=O) groups is 3. The molecule has 0 saturated carbocycles. The Bertz CT molecular complexity index is 515. The summed E-state index contributed by atoms with van der Waals surface area (Å²) in [5, 5.41) is 9.37. The van der Waals surface area contributed by atoms with Crippen LogP contribution in [0, 0.1) is 5.92 Å². The van der Waals surface area contributed by atoms with Gasteiger partial charge in [0.2, 0.25) is 0 Å². The summed E-state index contributed by atoms with van der Waals surface area (Å²) in [4.78, 5) is 40.8. The Morgan fingerprint density at radius 3 is 2.16 bits per heavy atom. The van der Waals surface area contributed by atoms with E-state index in [1.54, 1.807) is 44.4 Å². The van der Waals surface area contributed by atoms with E-state index in [0.29, 0.717) is 19.6 Å². The molecule has 0 spiro atoms. The van der Waals surface area contributed by atoms with Crippen molar-refractivity contribution in [2.24, 2.45) is 5.92 Å². The molecule has 1 aliphatic rings. The fraction of sp³-hybridized carbons (Fsp3) is 0.824. The number of urea groups is 1. The molecular weight excluding hydrogens is 326 g/mol. The van der Waals surface area contributed by atoms with Crippen molar-refractivity contribution in [2.45, 2.75) is 59.2 Å². The van der Waals surface area contributed by atoms with Crippen molar-refractivity contribution in [1.82, 2.24) is 14.7 Å². The maximum atomic E-state index is 12.7. The minimum atomic E-state index is -1.02. The molecule has 1 aliphatic heterocycles. The fourth-order valence-electron chi connectivity index (χ4n) is 2.95. The number of hydrogen-bond acceptors (Lipinski definition) is 4. The quantitative estimate of drug-likeness (QED) is 0.835. The number of carboxylic acid groups (broad SMARTS) is 1. The Kier molecular flexibility index (Phi) is 6.68. The first-order valence-corrected chi connectivity index (χ1v) is 8.59. The van der Waals surface area contributed by atoms with Gasteiger partial charge in [0.15, 0.2) is 0 Å². The number of aliphatic carboxylic acids is 1. The first-order valence-electron chi connectivity index (χ1n) is 8.59. The highest BCUT2D eigenvalue weighted by atomic mass is 16.6. The van der Waals surface area contributed by atoms with Crippen molar-refractivity contribution in [2.75, 3.05) is 26.7 Å². The first kappa shape index (κ1) is 21.1. The van der Waals surface area contributed by atoms with E-state index in [1.807, 2.05) is 6.92 Å². The third-order valence-electron chi connectivity index (χ3n) is 4.13. The summed E-state index contributed by atoms with van der Waals surface area (Å²) >= 11 is 0. The third-order valence-corrected chi connectivity index (χ3v) is 4.13. The molecule has 0 aromatic heterocycles. The van der Waals surface area contributed by atoms with Crippen LogP contribution in [0.4, 0.5) is 9.59 Å². The van der Waals surface area contributed by atoms with Gasteiger partial charge < -0.3 is 24.5 Å². The van der Waals surface area contributed by atoms with Crippen LogP contribution in [0.2, 0.25) is 0 Å². The molecule has 1 heterocycles. The van der Waals surface area contributed by atoms with E-state index in [4.69, 9.17) is 4.74 Å². The van der Waals surface area contributed by atoms with Gasteiger partial charge in [-0.1, -0.05) is 13.8 Å². The molecule has 2 atom stereocenters. The minimum absolute atomic E-state index is 0.204. The Morgan fingerprint density at radius 2 is 1.76 bits per heavy atom. The SMILES string of the molecule is CC(C)[C@@H](C(=O)O)N(C)C(=O)N1CCN(C(=O)OC(C)(C)C)C[C@H]1C. The van der Waals surface area contributed by atoms with E-state index in [9.17, 15) is 19.5 Å². The molecule has 0 bridgehead atoms. The number of carboxylic acids is 1. The Balaban J connectivity index is 2.75. The van der Waals surface area contributed by atoms with Gasteiger partial charge in [-0.15, -0.1) is 0 Å². The maximum Gasteiger partial charge on any atom is 0.410 e. The number of carbonyl (C=O) groups excluding carboxylic acids is 2. The monoisotopic (exact) mass is 357 g/mol. The lowest BCUT2D eigenvalue weighted by Crippen LogP contribution is -2.60. The molecular formula is C17H31N3O5. The van der Waals surface area contributed by atoms with Gasteiger partial charge in [-0.05, 0) is 33.6 Å². The van der Waals surface area contributed by atoms with Crippen molar-refractivity contribution in [3.05, 3.63) is 0 Å². The molecule has 3 amide bonds. The van der Waals surface area contributed by atoms with Crippen LogP contribution in [0.3, 0.4) is 0 Å². The van der Waals surface area contributed by atoms with Gasteiger partial charge in [-0.2, -0.15) is 0 Å². The number of amides is 3. The second-order valence-electron chi connectivity index (χ2n) is 7.89. The lowest BCUT2D eigenvalue weighted by molar-refractivity contribution is -0.143. The van der Waals surface area contributed by atoms with Crippen LogP contribution in [-0.2, 0) is 9.53 Å². The first-order chi connectivity index (χ1) is 11.3. The number of piperazine rings is 1. The maximum absolute atomic E-state index is 12.7. The zero-order valence-corrected chi connectivity index (χ0v) is 16.3. The van der Waals surface area contributed by atoms with Gasteiger partial charge in [0.25, 0.3) is 0 Å². The van der Waals surface area contributed by atoms with Crippen LogP contribution in [0.25, 0.3) is 0 Å². The standard InChI is InChI=1S/C17H31N3O5/c1-11(2)13(14(21)22)18(7)15(23)20-9-8-19(10-12(20)3)16(24)25-17(4,5)6/h11-13H,8-10H2,1-7H3,(H,21,22)/t12-,13+/m1/s1. The van der Waals surface area contributed by atoms with Crippen LogP contribution in [-0.4, -0.2) is 82.3 Å². The summed E-state index contributed by atoms with van der Waals surface area (Å²) in [7, 11) is 1.51. The van der Waals surface area contributed by atoms with Crippen LogP contribution < -0.4 is 0 Å². The van der Waals surface area contributed by atoms with Gasteiger partial charge in [0.1, 0.15) is 11.6 Å². The van der Waals surface area contributed by atoms with Crippen LogP contribution in [0.15, 0.2) is 0 Å². The highest BCUT2D eigenvalue weighted by Gasteiger charge is 2.37. The summed E-state index contributed by atoms with van der Waals surface area (Å²) in [6.45, 7) is 11.9. The Labute approximate surface area is 149 Å². The van der Waals surface area contributed by atoms with Crippen molar-refractivity contribution >= 4 is 18.1 Å². The number of ether oxygens (including phenoxy) is 1. The van der Waals surface area contributed by atoms with Crippen molar-refractivity contribution < 1.29 is 24.2 Å². The van der Waals surface area contributed by atoms with E-state index in [2.05, 4.69) is 0 Å². The molecule has 8 nitrogen and oxygen atoms in total. The minimum Gasteiger partial charge on any atom is -0.480 e. The summed E-state index contributed by atoms with van der Waals surface area (Å²) < 4.78 is 5.37. The lowest BCUT2D eigenvalue weighted by Gasteiger charge is -2.42. The average Bonchev–Trinajstić information content (AvgIpc) is 2.43. The Hall–Kier alpha value is -1.99. The van der Waals surface area contributed by atoms with Crippen LogP contribution in [0.5, 0.6) is 0 Å². The van der Waals surface area contributed by atoms with Gasteiger partial charge >= 0.3 is 18.1 Å². The molecule has 1 rings (SSSR count). The zero-order chi connectivity index (χ0) is 19.5. The molecule has 0 aromatic carbocycles. The van der Waals surface area contributed by atoms with Crippen molar-refractivity contribution in [1.29, 1.82) is 0 Å². The average molecular weight is 357 g/mol. The third kappa shape index (κ3) is 5.51. The van der Waals surface area contributed by atoms with Gasteiger partial charge in [0, 0.05) is 32.7 Å². The topological polar surface area (TPSA) is 90.4 Å². The number of nitrogens with zero attached hydrogens (tertiary/aromatic N) is 3. The molecule has 8 heteroatoms. The summed E-state index contributed by atoms with van der Waals surface area (Å²) in [6.07, 6.45) is -0.398. The molecule has 0 unspecified atom stereocenters. The molecule has 0 aromatic rings. The smallest absolute Gasteiger partial charge is 0.410 e. The molecule has 1 fully saturated rings. The lowest BCUT2D eigenvalue weighted by atomic mass is 10.0. The molecule has 1 saturated heterocycles. The van der Waals surface area contributed by atoms with Gasteiger partial charge in [-0.25, -0.2) is 14.4 Å². The van der Waals surface area contributed by atoms with E-state index in [1.165, 1.54) is 11.9 Å². The normalized spacial score (nSPS) is 19.6. The molecule has 0 aliphatic carbocycles. The van der Waals surface area contributed by atoms with E-state index < -0.39 is 23.7 Å².